The largest absolute Gasteiger partial charge is 0.481 e. The number of halogens is 2. The number of hydrogen-bond donors (Lipinski definition) is 2. The van der Waals surface area contributed by atoms with Crippen LogP contribution in [-0.2, 0) is 9.59 Å². The maximum absolute atomic E-state index is 9.64. The van der Waals surface area contributed by atoms with Crippen LogP contribution in [0.4, 0.5) is 0 Å². The van der Waals surface area contributed by atoms with Crippen molar-refractivity contribution in [1.82, 2.24) is 0 Å². The summed E-state index contributed by atoms with van der Waals surface area (Å²) in [6.07, 6.45) is -0.593. The van der Waals surface area contributed by atoms with E-state index in [0.29, 0.717) is 0 Å². The van der Waals surface area contributed by atoms with Crippen molar-refractivity contribution in [2.24, 2.45) is 0 Å². The minimum atomic E-state index is -1.08. The van der Waals surface area contributed by atoms with Crippen molar-refractivity contribution in [3.63, 3.8) is 0 Å². The maximum atomic E-state index is 9.64. The molecule has 0 atom stereocenters. The summed E-state index contributed by atoms with van der Waals surface area (Å²) in [5, 5.41) is 15.8. The monoisotopic (exact) mass is 278 g/mol. The molecule has 0 saturated heterocycles. The number of carboxylic acid groups (broad SMARTS) is 2. The van der Waals surface area contributed by atoms with Crippen molar-refractivity contribution >= 4 is 45.9 Å². The summed E-state index contributed by atoms with van der Waals surface area (Å²) in [4.78, 5) is 19.3. The van der Waals surface area contributed by atoms with Gasteiger partial charge in [0.25, 0.3) is 0 Å². The fourth-order valence-electron chi connectivity index (χ4n) is 0.214. The van der Waals surface area contributed by atoms with Crippen LogP contribution in [0.1, 0.15) is 12.8 Å². The predicted molar refractivity (Wildman–Crippen MR) is 45.1 cm³/mol. The summed E-state index contributed by atoms with van der Waals surface area (Å²) < 4.78 is 0. The third-order valence-corrected chi connectivity index (χ3v) is 0.553. The Labute approximate surface area is 78.8 Å². The highest BCUT2D eigenvalue weighted by molar-refractivity contribution is 8.93. The summed E-state index contributed by atoms with van der Waals surface area (Å²) in [5.74, 6) is -2.15. The molecule has 0 spiro atoms. The van der Waals surface area contributed by atoms with Crippen molar-refractivity contribution in [3.8, 4) is 0 Å². The normalized spacial score (nSPS) is 6.80. The van der Waals surface area contributed by atoms with Crippen LogP contribution in [0.3, 0.4) is 0 Å². The first-order valence-electron chi connectivity index (χ1n) is 2.06. The number of carbonyl (C=O) groups is 2. The third-order valence-electron chi connectivity index (χ3n) is 0.553. The Hall–Kier alpha value is -0.100. The molecule has 0 fully saturated rings. The quantitative estimate of drug-likeness (QED) is 0.811. The lowest BCUT2D eigenvalue weighted by molar-refractivity contribution is -0.143. The zero-order valence-electron chi connectivity index (χ0n) is 4.94. The topological polar surface area (TPSA) is 74.6 Å². The molecule has 0 heterocycles. The van der Waals surface area contributed by atoms with Crippen molar-refractivity contribution in [1.29, 1.82) is 0 Å². The van der Waals surface area contributed by atoms with Gasteiger partial charge in [-0.1, -0.05) is 0 Å². The lowest BCUT2D eigenvalue weighted by Gasteiger charge is -1.85. The van der Waals surface area contributed by atoms with E-state index in [4.69, 9.17) is 10.2 Å². The number of aliphatic carboxylic acids is 2. The Morgan fingerprint density at radius 1 is 0.900 bits per heavy atom. The van der Waals surface area contributed by atoms with Crippen LogP contribution in [0.25, 0.3) is 0 Å². The van der Waals surface area contributed by atoms with E-state index >= 15 is 0 Å². The first-order chi connectivity index (χ1) is 3.63. The summed E-state index contributed by atoms with van der Waals surface area (Å²) in [6, 6.07) is 0. The zero-order valence-corrected chi connectivity index (χ0v) is 8.37. The molecular weight excluding hydrogens is 272 g/mol. The molecule has 0 aliphatic rings. The van der Waals surface area contributed by atoms with Gasteiger partial charge in [0.15, 0.2) is 0 Å². The minimum absolute atomic E-state index is 0. The zero-order chi connectivity index (χ0) is 6.57. The molecule has 10 heavy (non-hydrogen) atoms. The molecule has 0 unspecified atom stereocenters. The van der Waals surface area contributed by atoms with Gasteiger partial charge < -0.3 is 10.2 Å². The fourth-order valence-corrected chi connectivity index (χ4v) is 0.214. The second kappa shape index (κ2) is 8.90. The Kier molecular flexibility index (Phi) is 14.7. The second-order valence-electron chi connectivity index (χ2n) is 1.29. The Balaban J connectivity index is -0.000000245. The van der Waals surface area contributed by atoms with Crippen molar-refractivity contribution in [2.75, 3.05) is 0 Å². The molecule has 62 valence electrons. The van der Waals surface area contributed by atoms with E-state index in [1.165, 1.54) is 0 Å². The van der Waals surface area contributed by atoms with Crippen molar-refractivity contribution < 1.29 is 19.8 Å². The van der Waals surface area contributed by atoms with Crippen LogP contribution in [0.2, 0.25) is 0 Å². The van der Waals surface area contributed by atoms with Crippen LogP contribution in [-0.4, -0.2) is 22.2 Å². The molecule has 4 nitrogen and oxygen atoms in total. The molecule has 0 aromatic carbocycles. The molecule has 0 aromatic rings. The lowest BCUT2D eigenvalue weighted by Crippen LogP contribution is -2.00. The van der Waals surface area contributed by atoms with E-state index < -0.39 is 11.9 Å². The average Bonchev–Trinajstić information content (AvgIpc) is 1.61. The summed E-state index contributed by atoms with van der Waals surface area (Å²) in [5.41, 5.74) is 0. The van der Waals surface area contributed by atoms with E-state index in [1.54, 1.807) is 0 Å². The van der Waals surface area contributed by atoms with E-state index in [2.05, 4.69) is 0 Å². The fraction of sp³-hybridized carbons (Fsp3) is 0.500. The smallest absolute Gasteiger partial charge is 0.303 e. The molecule has 0 radical (unpaired) electrons. The molecule has 0 aliphatic carbocycles. The maximum Gasteiger partial charge on any atom is 0.303 e. The highest BCUT2D eigenvalue weighted by Crippen LogP contribution is 1.85. The van der Waals surface area contributed by atoms with Crippen LogP contribution in [0.5, 0.6) is 0 Å². The van der Waals surface area contributed by atoms with E-state index in [0.717, 1.165) is 0 Å². The molecule has 0 rings (SSSR count). The number of hydrogen-bond acceptors (Lipinski definition) is 2. The highest BCUT2D eigenvalue weighted by atomic mass is 79.9. The lowest BCUT2D eigenvalue weighted by atomic mass is 10.3. The van der Waals surface area contributed by atoms with Gasteiger partial charge in [-0.25, -0.2) is 0 Å². The Morgan fingerprint density at radius 3 is 1.20 bits per heavy atom. The van der Waals surface area contributed by atoms with Gasteiger partial charge in [0.2, 0.25) is 0 Å². The molecule has 2 N–H and O–H groups in total. The van der Waals surface area contributed by atoms with Gasteiger partial charge in [-0.2, -0.15) is 0 Å². The van der Waals surface area contributed by atoms with Crippen molar-refractivity contribution in [3.05, 3.63) is 0 Å². The molecular formula is C4H8Br2O4. The summed E-state index contributed by atoms with van der Waals surface area (Å²) >= 11 is 0. The van der Waals surface area contributed by atoms with Crippen LogP contribution in [0, 0.1) is 0 Å². The second-order valence-corrected chi connectivity index (χ2v) is 1.29. The van der Waals surface area contributed by atoms with Crippen molar-refractivity contribution in [2.45, 2.75) is 12.8 Å². The van der Waals surface area contributed by atoms with Gasteiger partial charge >= 0.3 is 11.9 Å². The first kappa shape index (κ1) is 16.5. The average molecular weight is 280 g/mol. The molecule has 0 saturated carbocycles. The van der Waals surface area contributed by atoms with Gasteiger partial charge in [0, 0.05) is 0 Å². The predicted octanol–water partition coefficient (Wildman–Crippen LogP) is 1.09. The summed E-state index contributed by atoms with van der Waals surface area (Å²) in [7, 11) is 0. The van der Waals surface area contributed by atoms with Crippen LogP contribution < -0.4 is 0 Å². The van der Waals surface area contributed by atoms with Gasteiger partial charge in [0.05, 0.1) is 12.8 Å². The Morgan fingerprint density at radius 2 is 1.10 bits per heavy atom. The van der Waals surface area contributed by atoms with Gasteiger partial charge in [-0.05, 0) is 0 Å². The molecule has 0 aromatic heterocycles. The molecule has 0 aliphatic heterocycles. The van der Waals surface area contributed by atoms with E-state index in [-0.39, 0.29) is 46.8 Å². The molecule has 0 bridgehead atoms. The van der Waals surface area contributed by atoms with Crippen LogP contribution in [0.15, 0.2) is 0 Å². The third kappa shape index (κ3) is 15.7. The highest BCUT2D eigenvalue weighted by Gasteiger charge is 2.00. The molecule has 6 heteroatoms. The van der Waals surface area contributed by atoms with Gasteiger partial charge in [-0.15, -0.1) is 34.0 Å². The SMILES string of the molecule is Br.Br.O=C(O)CCC(=O)O. The minimum Gasteiger partial charge on any atom is -0.481 e. The van der Waals surface area contributed by atoms with E-state index in [1.807, 2.05) is 0 Å². The summed E-state index contributed by atoms with van der Waals surface area (Å²) in [6.45, 7) is 0. The number of carboxylic acids is 2. The Bertz CT molecular complexity index is 99.8. The first-order valence-corrected chi connectivity index (χ1v) is 2.06. The van der Waals surface area contributed by atoms with Gasteiger partial charge in [0.1, 0.15) is 0 Å². The standard InChI is InChI=1S/C4H6O4.2BrH/c5-3(6)1-2-4(7)8;;/h1-2H2,(H,5,6)(H,7,8);2*1H. The van der Waals surface area contributed by atoms with Gasteiger partial charge in [-0.3, -0.25) is 9.59 Å². The number of rotatable bonds is 3. The van der Waals surface area contributed by atoms with E-state index in [9.17, 15) is 9.59 Å². The molecule has 0 amide bonds. The van der Waals surface area contributed by atoms with Crippen LogP contribution >= 0.6 is 34.0 Å².